The molecule has 0 aliphatic carbocycles. The topological polar surface area (TPSA) is 18.5 Å². The molecule has 2 nitrogen and oxygen atoms in total. The van der Waals surface area contributed by atoms with Crippen LogP contribution < -0.4 is 4.74 Å². The summed E-state index contributed by atoms with van der Waals surface area (Å²) in [5.41, 5.74) is 3.69. The molecule has 0 amide bonds. The van der Waals surface area contributed by atoms with E-state index in [1.165, 1.54) is 61.6 Å². The van der Waals surface area contributed by atoms with E-state index in [0.29, 0.717) is 0 Å². The van der Waals surface area contributed by atoms with Crippen LogP contribution in [0.2, 0.25) is 0 Å². The summed E-state index contributed by atoms with van der Waals surface area (Å²) in [5.74, 6) is 0.939. The summed E-state index contributed by atoms with van der Waals surface area (Å²) in [4.78, 5) is 0. The van der Waals surface area contributed by atoms with Gasteiger partial charge in [0, 0.05) is 6.61 Å². The Hall–Kier alpha value is -1.80. The second-order valence-electron chi connectivity index (χ2n) is 7.63. The minimum Gasteiger partial charge on any atom is -0.494 e. The number of benzene rings is 2. The minimum absolute atomic E-state index is 0.152. The zero-order valence-electron chi connectivity index (χ0n) is 18.1. The fraction of sp³-hybridized carbons (Fsp3) is 0.538. The van der Waals surface area contributed by atoms with Crippen molar-refractivity contribution in [3.63, 3.8) is 0 Å². The van der Waals surface area contributed by atoms with Crippen LogP contribution in [0.25, 0.3) is 11.1 Å². The highest BCUT2D eigenvalue weighted by Gasteiger charge is 2.06. The predicted octanol–water partition coefficient (Wildman–Crippen LogP) is 7.97. The van der Waals surface area contributed by atoms with E-state index in [-0.39, 0.29) is 6.10 Å². The fourth-order valence-corrected chi connectivity index (χ4v) is 3.33. The summed E-state index contributed by atoms with van der Waals surface area (Å²) in [6.07, 6.45) is 10.4. The van der Waals surface area contributed by atoms with Crippen LogP contribution in [0.5, 0.6) is 5.75 Å². The van der Waals surface area contributed by atoms with E-state index in [4.69, 9.17) is 9.47 Å². The Morgan fingerprint density at radius 2 is 1.21 bits per heavy atom. The number of rotatable bonds is 14. The van der Waals surface area contributed by atoms with E-state index < -0.39 is 0 Å². The third kappa shape index (κ3) is 8.06. The van der Waals surface area contributed by atoms with Crippen LogP contribution in [-0.4, -0.2) is 13.2 Å². The first-order valence-corrected chi connectivity index (χ1v) is 11.2. The standard InChI is InChI=1S/C26H38O2/c1-4-6-7-8-9-10-11-21-27-22(3)23-12-14-24(15-13-23)25-16-18-26(19-17-25)28-20-5-2/h12-19,22H,4-11,20-21H2,1-3H3. The van der Waals surface area contributed by atoms with Gasteiger partial charge in [0.15, 0.2) is 0 Å². The normalized spacial score (nSPS) is 12.1. The Balaban J connectivity index is 1.73. The Bertz CT molecular complexity index is 630. The third-order valence-electron chi connectivity index (χ3n) is 5.16. The molecule has 0 aromatic heterocycles. The third-order valence-corrected chi connectivity index (χ3v) is 5.16. The minimum atomic E-state index is 0.152. The molecule has 28 heavy (non-hydrogen) atoms. The van der Waals surface area contributed by atoms with Gasteiger partial charge in [-0.1, -0.05) is 88.8 Å². The van der Waals surface area contributed by atoms with Gasteiger partial charge in [0.05, 0.1) is 12.7 Å². The van der Waals surface area contributed by atoms with Crippen molar-refractivity contribution in [3.05, 3.63) is 54.1 Å². The van der Waals surface area contributed by atoms with Crippen LogP contribution in [-0.2, 0) is 4.74 Å². The van der Waals surface area contributed by atoms with Crippen molar-refractivity contribution in [1.82, 2.24) is 0 Å². The highest BCUT2D eigenvalue weighted by Crippen LogP contribution is 2.25. The highest BCUT2D eigenvalue weighted by atomic mass is 16.5. The SMILES string of the molecule is CCCCCCCCCOC(C)c1ccc(-c2ccc(OCCC)cc2)cc1. The first-order chi connectivity index (χ1) is 13.7. The largest absolute Gasteiger partial charge is 0.494 e. The molecule has 0 saturated heterocycles. The van der Waals surface area contributed by atoms with Gasteiger partial charge < -0.3 is 9.47 Å². The first kappa shape index (κ1) is 22.5. The van der Waals surface area contributed by atoms with Gasteiger partial charge in [-0.25, -0.2) is 0 Å². The van der Waals surface area contributed by atoms with Gasteiger partial charge in [-0.3, -0.25) is 0 Å². The molecular weight excluding hydrogens is 344 g/mol. The lowest BCUT2D eigenvalue weighted by molar-refractivity contribution is 0.0627. The fourth-order valence-electron chi connectivity index (χ4n) is 3.33. The maximum atomic E-state index is 6.04. The molecule has 0 bridgehead atoms. The molecule has 0 aliphatic heterocycles. The Morgan fingerprint density at radius 3 is 1.82 bits per heavy atom. The summed E-state index contributed by atoms with van der Waals surface area (Å²) in [5, 5.41) is 0. The molecule has 0 heterocycles. The zero-order valence-corrected chi connectivity index (χ0v) is 18.1. The van der Waals surface area contributed by atoms with E-state index in [2.05, 4.69) is 57.2 Å². The zero-order chi connectivity index (χ0) is 20.0. The van der Waals surface area contributed by atoms with E-state index in [0.717, 1.165) is 25.4 Å². The molecule has 1 atom stereocenters. The van der Waals surface area contributed by atoms with Gasteiger partial charge in [0.1, 0.15) is 5.75 Å². The van der Waals surface area contributed by atoms with Gasteiger partial charge in [-0.05, 0) is 48.6 Å². The lowest BCUT2D eigenvalue weighted by atomic mass is 10.0. The predicted molar refractivity (Wildman–Crippen MR) is 120 cm³/mol. The van der Waals surface area contributed by atoms with E-state index in [1.807, 2.05) is 12.1 Å². The molecule has 0 N–H and O–H groups in total. The van der Waals surface area contributed by atoms with Gasteiger partial charge in [-0.2, -0.15) is 0 Å². The number of unbranched alkanes of at least 4 members (excludes halogenated alkanes) is 6. The van der Waals surface area contributed by atoms with E-state index in [1.54, 1.807) is 0 Å². The number of ether oxygens (including phenoxy) is 2. The van der Waals surface area contributed by atoms with Crippen LogP contribution in [0.1, 0.15) is 83.8 Å². The van der Waals surface area contributed by atoms with Gasteiger partial charge in [-0.15, -0.1) is 0 Å². The number of hydrogen-bond donors (Lipinski definition) is 0. The Morgan fingerprint density at radius 1 is 0.643 bits per heavy atom. The quantitative estimate of drug-likeness (QED) is 0.308. The van der Waals surface area contributed by atoms with Crippen LogP contribution in [0.3, 0.4) is 0 Å². The lowest BCUT2D eigenvalue weighted by Gasteiger charge is -2.14. The summed E-state index contributed by atoms with van der Waals surface area (Å²) in [6, 6.07) is 17.1. The highest BCUT2D eigenvalue weighted by molar-refractivity contribution is 5.64. The van der Waals surface area contributed by atoms with Gasteiger partial charge in [0.25, 0.3) is 0 Å². The first-order valence-electron chi connectivity index (χ1n) is 11.2. The molecular formula is C26H38O2. The molecule has 2 heteroatoms. The second kappa shape index (κ2) is 13.4. The van der Waals surface area contributed by atoms with E-state index >= 15 is 0 Å². The molecule has 0 aliphatic rings. The molecule has 1 unspecified atom stereocenters. The maximum absolute atomic E-state index is 6.04. The summed E-state index contributed by atoms with van der Waals surface area (Å²) < 4.78 is 11.7. The van der Waals surface area contributed by atoms with Crippen LogP contribution in [0.4, 0.5) is 0 Å². The van der Waals surface area contributed by atoms with Crippen LogP contribution in [0, 0.1) is 0 Å². The summed E-state index contributed by atoms with van der Waals surface area (Å²) in [7, 11) is 0. The maximum Gasteiger partial charge on any atom is 0.119 e. The smallest absolute Gasteiger partial charge is 0.119 e. The van der Waals surface area contributed by atoms with Crippen molar-refractivity contribution >= 4 is 0 Å². The Kier molecular flexibility index (Phi) is 10.8. The molecule has 0 saturated carbocycles. The second-order valence-corrected chi connectivity index (χ2v) is 7.63. The van der Waals surface area contributed by atoms with Gasteiger partial charge >= 0.3 is 0 Å². The average Bonchev–Trinajstić information content (AvgIpc) is 2.74. The molecule has 154 valence electrons. The van der Waals surface area contributed by atoms with Crippen molar-refractivity contribution in [2.75, 3.05) is 13.2 Å². The lowest BCUT2D eigenvalue weighted by Crippen LogP contribution is -2.01. The van der Waals surface area contributed by atoms with Crippen molar-refractivity contribution in [1.29, 1.82) is 0 Å². The number of hydrogen-bond acceptors (Lipinski definition) is 2. The van der Waals surface area contributed by atoms with Crippen molar-refractivity contribution < 1.29 is 9.47 Å². The van der Waals surface area contributed by atoms with Crippen molar-refractivity contribution in [2.45, 2.75) is 78.2 Å². The van der Waals surface area contributed by atoms with E-state index in [9.17, 15) is 0 Å². The summed E-state index contributed by atoms with van der Waals surface area (Å²) >= 11 is 0. The molecule has 2 rings (SSSR count). The molecule has 2 aromatic carbocycles. The molecule has 0 fully saturated rings. The van der Waals surface area contributed by atoms with Crippen molar-refractivity contribution in [3.8, 4) is 16.9 Å². The summed E-state index contributed by atoms with van der Waals surface area (Å²) in [6.45, 7) is 8.16. The van der Waals surface area contributed by atoms with Crippen molar-refractivity contribution in [2.24, 2.45) is 0 Å². The molecule has 2 aromatic rings. The van der Waals surface area contributed by atoms with Crippen LogP contribution >= 0.6 is 0 Å². The molecule has 0 spiro atoms. The molecule has 0 radical (unpaired) electrons. The average molecular weight is 383 g/mol. The Labute approximate surface area is 172 Å². The van der Waals surface area contributed by atoms with Crippen LogP contribution in [0.15, 0.2) is 48.5 Å². The van der Waals surface area contributed by atoms with Gasteiger partial charge in [0.2, 0.25) is 0 Å². The monoisotopic (exact) mass is 382 g/mol.